The van der Waals surface area contributed by atoms with Crippen LogP contribution in [0.2, 0.25) is 0 Å². The van der Waals surface area contributed by atoms with Crippen LogP contribution in [-0.4, -0.2) is 33.8 Å². The SMILES string of the molecule is Cc1cn2c(CN(C)CC(=O)N[C@@H](c3ccc(F)cc3)c3cccs3)c(C)nc2s1. The lowest BCUT2D eigenvalue weighted by Crippen LogP contribution is -2.37. The van der Waals surface area contributed by atoms with Gasteiger partial charge in [0.25, 0.3) is 0 Å². The normalized spacial score (nSPS) is 12.6. The molecule has 3 heterocycles. The van der Waals surface area contributed by atoms with Crippen molar-refractivity contribution >= 4 is 33.5 Å². The second-order valence-electron chi connectivity index (χ2n) is 7.38. The molecule has 156 valence electrons. The molecular formula is C22H23FN4OS2. The summed E-state index contributed by atoms with van der Waals surface area (Å²) < 4.78 is 15.5. The summed E-state index contributed by atoms with van der Waals surface area (Å²) in [5.41, 5.74) is 2.94. The minimum Gasteiger partial charge on any atom is -0.343 e. The van der Waals surface area contributed by atoms with Gasteiger partial charge in [0, 0.05) is 22.5 Å². The summed E-state index contributed by atoms with van der Waals surface area (Å²) in [6, 6.07) is 9.91. The number of carbonyl (C=O) groups excluding carboxylic acids is 1. The van der Waals surface area contributed by atoms with Crippen molar-refractivity contribution in [3.8, 4) is 0 Å². The Labute approximate surface area is 182 Å². The Balaban J connectivity index is 1.46. The molecule has 4 rings (SSSR count). The van der Waals surface area contributed by atoms with E-state index in [1.54, 1.807) is 34.8 Å². The molecule has 8 heteroatoms. The minimum atomic E-state index is -0.297. The highest BCUT2D eigenvalue weighted by atomic mass is 32.1. The first-order chi connectivity index (χ1) is 14.4. The van der Waals surface area contributed by atoms with E-state index in [1.165, 1.54) is 17.0 Å². The Hall–Kier alpha value is -2.55. The number of imidazole rings is 1. The number of likely N-dealkylation sites (N-methyl/N-ethyl adjacent to an activating group) is 1. The standard InChI is InChI=1S/C22H23FN4OS2/c1-14-11-27-18(15(2)24-22(27)30-14)12-26(3)13-20(28)25-21(19-5-4-10-29-19)16-6-8-17(23)9-7-16/h4-11,21H,12-13H2,1-3H3,(H,25,28)/t21-/m0/s1. The maximum atomic E-state index is 13.4. The number of amides is 1. The number of fused-ring (bicyclic) bond motifs is 1. The molecule has 0 saturated heterocycles. The number of benzene rings is 1. The van der Waals surface area contributed by atoms with Gasteiger partial charge in [-0.1, -0.05) is 18.2 Å². The van der Waals surface area contributed by atoms with Crippen LogP contribution in [0.3, 0.4) is 0 Å². The second-order valence-corrected chi connectivity index (χ2v) is 9.57. The lowest BCUT2D eigenvalue weighted by atomic mass is 10.1. The van der Waals surface area contributed by atoms with Crippen LogP contribution in [0.5, 0.6) is 0 Å². The van der Waals surface area contributed by atoms with Gasteiger partial charge in [0.2, 0.25) is 5.91 Å². The van der Waals surface area contributed by atoms with Gasteiger partial charge in [0.1, 0.15) is 5.82 Å². The van der Waals surface area contributed by atoms with Crippen LogP contribution in [0.15, 0.2) is 48.0 Å². The summed E-state index contributed by atoms with van der Waals surface area (Å²) in [4.78, 5) is 22.6. The molecule has 0 fully saturated rings. The average Bonchev–Trinajstić information content (AvgIpc) is 3.40. The van der Waals surface area contributed by atoms with Crippen molar-refractivity contribution in [2.75, 3.05) is 13.6 Å². The molecule has 0 unspecified atom stereocenters. The zero-order valence-corrected chi connectivity index (χ0v) is 18.7. The van der Waals surface area contributed by atoms with Gasteiger partial charge in [-0.3, -0.25) is 14.1 Å². The van der Waals surface area contributed by atoms with Gasteiger partial charge < -0.3 is 5.32 Å². The van der Waals surface area contributed by atoms with Crippen LogP contribution >= 0.6 is 22.7 Å². The zero-order valence-electron chi connectivity index (χ0n) is 17.1. The number of aromatic nitrogens is 2. The Bertz CT molecular complexity index is 1150. The molecule has 0 spiro atoms. The predicted octanol–water partition coefficient (Wildman–Crippen LogP) is 4.55. The number of nitrogens with one attached hydrogen (secondary N) is 1. The third-order valence-electron chi connectivity index (χ3n) is 4.91. The summed E-state index contributed by atoms with van der Waals surface area (Å²) in [6.45, 7) is 4.94. The molecule has 3 aromatic heterocycles. The highest BCUT2D eigenvalue weighted by Crippen LogP contribution is 2.26. The maximum Gasteiger partial charge on any atom is 0.234 e. The van der Waals surface area contributed by atoms with E-state index < -0.39 is 0 Å². The highest BCUT2D eigenvalue weighted by Gasteiger charge is 2.20. The van der Waals surface area contributed by atoms with E-state index in [0.717, 1.165) is 26.8 Å². The van der Waals surface area contributed by atoms with E-state index in [0.29, 0.717) is 6.54 Å². The van der Waals surface area contributed by atoms with Crippen molar-refractivity contribution in [1.29, 1.82) is 0 Å². The third kappa shape index (κ3) is 4.45. The van der Waals surface area contributed by atoms with Crippen molar-refractivity contribution in [3.05, 3.63) is 80.5 Å². The fourth-order valence-corrected chi connectivity index (χ4v) is 5.18. The molecule has 0 aliphatic carbocycles. The number of hydrogen-bond acceptors (Lipinski definition) is 5. The Morgan fingerprint density at radius 2 is 2.03 bits per heavy atom. The van der Waals surface area contributed by atoms with Gasteiger partial charge in [-0.05, 0) is 50.0 Å². The summed E-state index contributed by atoms with van der Waals surface area (Å²) in [5.74, 6) is -0.374. The molecule has 4 aromatic rings. The van der Waals surface area contributed by atoms with Crippen molar-refractivity contribution < 1.29 is 9.18 Å². The summed E-state index contributed by atoms with van der Waals surface area (Å²) >= 11 is 3.23. The van der Waals surface area contributed by atoms with Crippen LogP contribution in [0.25, 0.3) is 4.96 Å². The molecule has 1 atom stereocenters. The fourth-order valence-electron chi connectivity index (χ4n) is 3.49. The number of nitrogens with zero attached hydrogens (tertiary/aromatic N) is 3. The van der Waals surface area contributed by atoms with Crippen LogP contribution in [0.4, 0.5) is 4.39 Å². The first-order valence-electron chi connectivity index (χ1n) is 9.61. The Kier molecular flexibility index (Phi) is 5.99. The van der Waals surface area contributed by atoms with E-state index in [2.05, 4.69) is 27.8 Å². The molecule has 0 bridgehead atoms. The van der Waals surface area contributed by atoms with Gasteiger partial charge in [-0.2, -0.15) is 0 Å². The quantitative estimate of drug-likeness (QED) is 0.457. The summed E-state index contributed by atoms with van der Waals surface area (Å²) in [6.07, 6.45) is 2.09. The largest absolute Gasteiger partial charge is 0.343 e. The van der Waals surface area contributed by atoms with Crippen molar-refractivity contribution in [2.24, 2.45) is 0 Å². The molecule has 1 aromatic carbocycles. The molecule has 5 nitrogen and oxygen atoms in total. The number of thiophene rings is 1. The van der Waals surface area contributed by atoms with E-state index >= 15 is 0 Å². The molecular weight excluding hydrogens is 419 g/mol. The number of rotatable bonds is 7. The van der Waals surface area contributed by atoms with E-state index in [1.807, 2.05) is 36.4 Å². The Morgan fingerprint density at radius 1 is 1.27 bits per heavy atom. The summed E-state index contributed by atoms with van der Waals surface area (Å²) in [5, 5.41) is 5.08. The topological polar surface area (TPSA) is 49.6 Å². The van der Waals surface area contributed by atoms with Crippen LogP contribution in [0, 0.1) is 19.7 Å². The predicted molar refractivity (Wildman–Crippen MR) is 120 cm³/mol. The maximum absolute atomic E-state index is 13.4. The van der Waals surface area contributed by atoms with Crippen molar-refractivity contribution in [3.63, 3.8) is 0 Å². The lowest BCUT2D eigenvalue weighted by Gasteiger charge is -2.21. The number of aryl methyl sites for hydroxylation is 2. The molecule has 0 aliphatic rings. The van der Waals surface area contributed by atoms with Gasteiger partial charge in [0.05, 0.1) is 24.0 Å². The first-order valence-corrected chi connectivity index (χ1v) is 11.3. The zero-order chi connectivity index (χ0) is 21.3. The van der Waals surface area contributed by atoms with E-state index in [-0.39, 0.29) is 24.3 Å². The van der Waals surface area contributed by atoms with Crippen molar-refractivity contribution in [2.45, 2.75) is 26.4 Å². The molecule has 1 N–H and O–H groups in total. The molecule has 30 heavy (non-hydrogen) atoms. The van der Waals surface area contributed by atoms with Crippen LogP contribution < -0.4 is 5.32 Å². The third-order valence-corrected chi connectivity index (χ3v) is 6.75. The number of carbonyl (C=O) groups is 1. The van der Waals surface area contributed by atoms with Gasteiger partial charge in [0.15, 0.2) is 4.96 Å². The Morgan fingerprint density at radius 3 is 2.73 bits per heavy atom. The van der Waals surface area contributed by atoms with Crippen LogP contribution in [-0.2, 0) is 11.3 Å². The molecule has 1 amide bonds. The number of halogens is 1. The monoisotopic (exact) mass is 442 g/mol. The first kappa shape index (κ1) is 20.7. The molecule has 0 saturated carbocycles. The van der Waals surface area contributed by atoms with E-state index in [4.69, 9.17) is 0 Å². The van der Waals surface area contributed by atoms with Crippen molar-refractivity contribution in [1.82, 2.24) is 19.6 Å². The van der Waals surface area contributed by atoms with Gasteiger partial charge >= 0.3 is 0 Å². The van der Waals surface area contributed by atoms with E-state index in [9.17, 15) is 9.18 Å². The average molecular weight is 443 g/mol. The minimum absolute atomic E-state index is 0.0832. The lowest BCUT2D eigenvalue weighted by molar-refractivity contribution is -0.122. The van der Waals surface area contributed by atoms with Gasteiger partial charge in [-0.15, -0.1) is 22.7 Å². The summed E-state index contributed by atoms with van der Waals surface area (Å²) in [7, 11) is 1.93. The highest BCUT2D eigenvalue weighted by molar-refractivity contribution is 7.17. The fraction of sp³-hybridized carbons (Fsp3) is 0.273. The van der Waals surface area contributed by atoms with Gasteiger partial charge in [-0.25, -0.2) is 9.37 Å². The molecule has 0 radical (unpaired) electrons. The molecule has 0 aliphatic heterocycles. The second kappa shape index (κ2) is 8.67. The number of thiazole rings is 1. The number of hydrogen-bond donors (Lipinski definition) is 1. The smallest absolute Gasteiger partial charge is 0.234 e. The van der Waals surface area contributed by atoms with Crippen LogP contribution in [0.1, 0.15) is 32.7 Å².